The second-order valence-corrected chi connectivity index (χ2v) is 3.13. The van der Waals surface area contributed by atoms with Crippen LogP contribution in [0.2, 0.25) is 0 Å². The molecule has 0 saturated heterocycles. The zero-order chi connectivity index (χ0) is 9.80. The fraction of sp³-hybridized carbons (Fsp3) is 0.182. The molecule has 0 fully saturated rings. The Morgan fingerprint density at radius 2 is 2.07 bits per heavy atom. The molecule has 1 heterocycles. The average molecular weight is 188 g/mol. The van der Waals surface area contributed by atoms with Gasteiger partial charge in [0, 0.05) is 6.54 Å². The first-order chi connectivity index (χ1) is 6.86. The Kier molecular flexibility index (Phi) is 2.49. The summed E-state index contributed by atoms with van der Waals surface area (Å²) >= 11 is 0. The third-order valence-corrected chi connectivity index (χ3v) is 2.08. The maximum Gasteiger partial charge on any atom is 0.156 e. The van der Waals surface area contributed by atoms with Crippen molar-refractivity contribution in [2.45, 2.75) is 13.5 Å². The molecule has 0 atom stereocenters. The van der Waals surface area contributed by atoms with E-state index in [-0.39, 0.29) is 0 Å². The van der Waals surface area contributed by atoms with Crippen LogP contribution in [0.1, 0.15) is 11.3 Å². The van der Waals surface area contributed by atoms with Gasteiger partial charge < -0.3 is 9.84 Å². The molecule has 1 aromatic carbocycles. The Morgan fingerprint density at radius 3 is 2.71 bits per heavy atom. The number of nitrogens with one attached hydrogen (secondary N) is 1. The Bertz CT molecular complexity index is 395. The predicted molar refractivity (Wildman–Crippen MR) is 55.0 cm³/mol. The Morgan fingerprint density at radius 1 is 1.29 bits per heavy atom. The maximum absolute atomic E-state index is 4.94. The van der Waals surface area contributed by atoms with Crippen LogP contribution in [0.15, 0.2) is 41.1 Å². The quantitative estimate of drug-likeness (QED) is 0.804. The van der Waals surface area contributed by atoms with Crippen LogP contribution in [0.4, 0.5) is 5.69 Å². The molecule has 0 unspecified atom stereocenters. The largest absolute Gasteiger partial charge is 0.377 e. The smallest absolute Gasteiger partial charge is 0.156 e. The summed E-state index contributed by atoms with van der Waals surface area (Å²) in [6.07, 6.45) is 1.69. The Balaban J connectivity index is 1.99. The summed E-state index contributed by atoms with van der Waals surface area (Å²) in [4.78, 5) is 0. The Labute approximate surface area is 82.7 Å². The van der Waals surface area contributed by atoms with Crippen molar-refractivity contribution in [3.8, 4) is 0 Å². The van der Waals surface area contributed by atoms with Crippen LogP contribution in [0.3, 0.4) is 0 Å². The van der Waals surface area contributed by atoms with Crippen LogP contribution in [0, 0.1) is 6.92 Å². The molecular weight excluding hydrogens is 176 g/mol. The first-order valence-corrected chi connectivity index (χ1v) is 4.55. The molecule has 0 radical (unpaired) electrons. The molecule has 0 spiro atoms. The lowest BCUT2D eigenvalue weighted by atomic mass is 10.2. The molecule has 14 heavy (non-hydrogen) atoms. The molecule has 0 aliphatic carbocycles. The van der Waals surface area contributed by atoms with Gasteiger partial charge in [-0.05, 0) is 12.5 Å². The van der Waals surface area contributed by atoms with Gasteiger partial charge in [0.15, 0.2) is 5.76 Å². The molecule has 0 aliphatic heterocycles. The summed E-state index contributed by atoms with van der Waals surface area (Å²) < 4.78 is 4.94. The molecule has 1 aromatic heterocycles. The van der Waals surface area contributed by atoms with Gasteiger partial charge >= 0.3 is 0 Å². The molecular formula is C11H12N2O. The standard InChI is InChI=1S/C11H12N2O/c1-9-11(8-13-14-9)12-7-10-5-3-2-4-6-10/h2-6,8,12H,7H2,1H3. The fourth-order valence-corrected chi connectivity index (χ4v) is 1.26. The zero-order valence-corrected chi connectivity index (χ0v) is 8.03. The number of aryl methyl sites for hydroxylation is 1. The number of benzene rings is 1. The lowest BCUT2D eigenvalue weighted by Crippen LogP contribution is -1.98. The van der Waals surface area contributed by atoms with Gasteiger partial charge in [-0.2, -0.15) is 0 Å². The van der Waals surface area contributed by atoms with Crippen LogP contribution in [-0.4, -0.2) is 5.16 Å². The summed E-state index contributed by atoms with van der Waals surface area (Å²) in [5, 5.41) is 6.95. The van der Waals surface area contributed by atoms with Crippen LogP contribution in [0.25, 0.3) is 0 Å². The van der Waals surface area contributed by atoms with Crippen LogP contribution in [-0.2, 0) is 6.54 Å². The highest BCUT2D eigenvalue weighted by molar-refractivity contribution is 5.43. The van der Waals surface area contributed by atoms with Crippen LogP contribution in [0.5, 0.6) is 0 Å². The van der Waals surface area contributed by atoms with Crippen LogP contribution >= 0.6 is 0 Å². The average Bonchev–Trinajstić information content (AvgIpc) is 2.63. The van der Waals surface area contributed by atoms with Crippen molar-refractivity contribution in [3.63, 3.8) is 0 Å². The molecule has 2 rings (SSSR count). The van der Waals surface area contributed by atoms with E-state index >= 15 is 0 Å². The number of rotatable bonds is 3. The number of anilines is 1. The minimum atomic E-state index is 0.795. The highest BCUT2D eigenvalue weighted by Gasteiger charge is 2.00. The van der Waals surface area contributed by atoms with E-state index in [1.165, 1.54) is 5.56 Å². The van der Waals surface area contributed by atoms with Crippen molar-refractivity contribution >= 4 is 5.69 Å². The molecule has 3 heteroatoms. The van der Waals surface area contributed by atoms with Crippen molar-refractivity contribution in [3.05, 3.63) is 47.9 Å². The van der Waals surface area contributed by atoms with Gasteiger partial charge in [-0.25, -0.2) is 0 Å². The minimum Gasteiger partial charge on any atom is -0.377 e. The SMILES string of the molecule is Cc1oncc1NCc1ccccc1. The zero-order valence-electron chi connectivity index (χ0n) is 8.03. The van der Waals surface area contributed by atoms with Gasteiger partial charge in [0.2, 0.25) is 0 Å². The summed E-state index contributed by atoms with van der Waals surface area (Å²) in [6.45, 7) is 2.68. The highest BCUT2D eigenvalue weighted by atomic mass is 16.5. The maximum atomic E-state index is 4.94. The van der Waals surface area contributed by atoms with E-state index in [9.17, 15) is 0 Å². The predicted octanol–water partition coefficient (Wildman–Crippen LogP) is 2.60. The van der Waals surface area contributed by atoms with Gasteiger partial charge in [-0.15, -0.1) is 0 Å². The van der Waals surface area contributed by atoms with Crippen molar-refractivity contribution < 1.29 is 4.52 Å². The summed E-state index contributed by atoms with van der Waals surface area (Å²) in [6, 6.07) is 10.2. The minimum absolute atomic E-state index is 0.795. The number of hydrogen-bond acceptors (Lipinski definition) is 3. The molecule has 0 saturated carbocycles. The second-order valence-electron chi connectivity index (χ2n) is 3.13. The topological polar surface area (TPSA) is 38.1 Å². The van der Waals surface area contributed by atoms with Crippen molar-refractivity contribution in [1.29, 1.82) is 0 Å². The molecule has 3 nitrogen and oxygen atoms in total. The van der Waals surface area contributed by atoms with Gasteiger partial charge in [-0.1, -0.05) is 35.5 Å². The Hall–Kier alpha value is -1.77. The van der Waals surface area contributed by atoms with Gasteiger partial charge in [0.05, 0.1) is 11.9 Å². The lowest BCUT2D eigenvalue weighted by Gasteiger charge is -2.03. The van der Waals surface area contributed by atoms with Gasteiger partial charge in [0.25, 0.3) is 0 Å². The third-order valence-electron chi connectivity index (χ3n) is 2.08. The molecule has 0 aliphatic rings. The first-order valence-electron chi connectivity index (χ1n) is 4.55. The van der Waals surface area contributed by atoms with Gasteiger partial charge in [-0.3, -0.25) is 0 Å². The molecule has 0 bridgehead atoms. The summed E-state index contributed by atoms with van der Waals surface area (Å²) in [5.41, 5.74) is 2.20. The third kappa shape index (κ3) is 1.93. The molecule has 1 N–H and O–H groups in total. The van der Waals surface area contributed by atoms with Crippen molar-refractivity contribution in [2.75, 3.05) is 5.32 Å². The van der Waals surface area contributed by atoms with E-state index < -0.39 is 0 Å². The van der Waals surface area contributed by atoms with E-state index in [0.29, 0.717) is 0 Å². The lowest BCUT2D eigenvalue weighted by molar-refractivity contribution is 0.398. The van der Waals surface area contributed by atoms with E-state index in [0.717, 1.165) is 18.0 Å². The van der Waals surface area contributed by atoms with E-state index in [1.807, 2.05) is 25.1 Å². The van der Waals surface area contributed by atoms with Gasteiger partial charge in [0.1, 0.15) is 0 Å². The molecule has 72 valence electrons. The van der Waals surface area contributed by atoms with E-state index in [1.54, 1.807) is 6.20 Å². The summed E-state index contributed by atoms with van der Waals surface area (Å²) in [5.74, 6) is 0.820. The van der Waals surface area contributed by atoms with E-state index in [4.69, 9.17) is 4.52 Å². The molecule has 2 aromatic rings. The number of nitrogens with zero attached hydrogens (tertiary/aromatic N) is 1. The fourth-order valence-electron chi connectivity index (χ4n) is 1.26. The normalized spacial score (nSPS) is 10.1. The summed E-state index contributed by atoms with van der Waals surface area (Å²) in [7, 11) is 0. The monoisotopic (exact) mass is 188 g/mol. The van der Waals surface area contributed by atoms with Crippen molar-refractivity contribution in [2.24, 2.45) is 0 Å². The van der Waals surface area contributed by atoms with E-state index in [2.05, 4.69) is 22.6 Å². The van der Waals surface area contributed by atoms with Crippen molar-refractivity contribution in [1.82, 2.24) is 5.16 Å². The first kappa shape index (κ1) is 8.81. The highest BCUT2D eigenvalue weighted by Crippen LogP contribution is 2.13. The number of aromatic nitrogens is 1. The second kappa shape index (κ2) is 3.96. The van der Waals surface area contributed by atoms with Crippen LogP contribution < -0.4 is 5.32 Å². The number of hydrogen-bond donors (Lipinski definition) is 1. The molecule has 0 amide bonds.